The third-order valence-corrected chi connectivity index (χ3v) is 5.54. The molecule has 0 aliphatic heterocycles. The largest absolute Gasteiger partial charge is 0.345 e. The Hall–Kier alpha value is -3.39. The minimum atomic E-state index is -0.169. The summed E-state index contributed by atoms with van der Waals surface area (Å²) in [4.78, 5) is 24.8. The minimum Gasteiger partial charge on any atom is -0.345 e. The van der Waals surface area contributed by atoms with Crippen LogP contribution >= 0.6 is 11.8 Å². The first-order valence-corrected chi connectivity index (χ1v) is 10.8. The van der Waals surface area contributed by atoms with Crippen LogP contribution in [0.4, 0.5) is 5.69 Å². The highest BCUT2D eigenvalue weighted by Crippen LogP contribution is 2.18. The quantitative estimate of drug-likeness (QED) is 0.395. The molecule has 0 spiro atoms. The van der Waals surface area contributed by atoms with E-state index in [1.54, 1.807) is 12.1 Å². The van der Waals surface area contributed by atoms with E-state index in [0.29, 0.717) is 23.1 Å². The number of rotatable bonds is 9. The number of thioether (sulfide) groups is 1. The van der Waals surface area contributed by atoms with E-state index in [4.69, 9.17) is 0 Å². The summed E-state index contributed by atoms with van der Waals surface area (Å²) in [5, 5.41) is 14.7. The number of carbonyl (C=O) groups is 2. The number of nitrogens with zero attached hydrogens (tertiary/aromatic N) is 3. The molecule has 2 aromatic carbocycles. The molecular weight excluding hydrogens is 410 g/mol. The zero-order valence-corrected chi connectivity index (χ0v) is 18.4. The van der Waals surface area contributed by atoms with Gasteiger partial charge in [-0.3, -0.25) is 9.59 Å². The molecule has 0 unspecified atom stereocenters. The first kappa shape index (κ1) is 22.3. The first-order valence-electron chi connectivity index (χ1n) is 9.84. The summed E-state index contributed by atoms with van der Waals surface area (Å²) in [6, 6.07) is 15.0. The van der Waals surface area contributed by atoms with Crippen LogP contribution in [-0.4, -0.2) is 32.3 Å². The molecule has 0 fully saturated rings. The van der Waals surface area contributed by atoms with Crippen molar-refractivity contribution in [2.45, 2.75) is 32.1 Å². The van der Waals surface area contributed by atoms with Crippen LogP contribution < -0.4 is 10.6 Å². The summed E-state index contributed by atoms with van der Waals surface area (Å²) in [6.07, 6.45) is 1.73. The van der Waals surface area contributed by atoms with Gasteiger partial charge in [0.2, 0.25) is 5.91 Å². The summed E-state index contributed by atoms with van der Waals surface area (Å²) in [6.45, 7) is 8.37. The van der Waals surface area contributed by atoms with Gasteiger partial charge in [-0.15, -0.1) is 16.8 Å². The van der Waals surface area contributed by atoms with Crippen LogP contribution in [0.3, 0.4) is 0 Å². The molecule has 160 valence electrons. The van der Waals surface area contributed by atoms with E-state index < -0.39 is 0 Å². The summed E-state index contributed by atoms with van der Waals surface area (Å²) in [5.41, 5.74) is 3.42. The predicted octanol–water partition coefficient (Wildman–Crippen LogP) is 3.74. The number of aryl methyl sites for hydroxylation is 2. The number of hydrogen-bond acceptors (Lipinski definition) is 5. The summed E-state index contributed by atoms with van der Waals surface area (Å²) < 4.78 is 1.84. The molecule has 0 bridgehead atoms. The normalized spacial score (nSPS) is 10.5. The van der Waals surface area contributed by atoms with Crippen molar-refractivity contribution in [3.63, 3.8) is 0 Å². The molecule has 3 aromatic rings. The molecule has 31 heavy (non-hydrogen) atoms. The van der Waals surface area contributed by atoms with Crippen LogP contribution in [0.5, 0.6) is 0 Å². The predicted molar refractivity (Wildman–Crippen MR) is 123 cm³/mol. The number of benzene rings is 2. The molecule has 1 heterocycles. The van der Waals surface area contributed by atoms with Gasteiger partial charge in [0.15, 0.2) is 11.0 Å². The lowest BCUT2D eigenvalue weighted by Crippen LogP contribution is -2.25. The van der Waals surface area contributed by atoms with Gasteiger partial charge in [0, 0.05) is 17.8 Å². The molecule has 0 radical (unpaired) electrons. The Kier molecular flexibility index (Phi) is 7.61. The molecule has 8 heteroatoms. The van der Waals surface area contributed by atoms with Gasteiger partial charge in [0.25, 0.3) is 5.91 Å². The SMILES string of the molecule is C=CCn1c(CNC(=O)c2ccccc2C)nnc1SCC(=O)Nc1ccc(C)cc1. The van der Waals surface area contributed by atoms with Gasteiger partial charge in [-0.1, -0.05) is 53.7 Å². The van der Waals surface area contributed by atoms with Crippen LogP contribution in [0, 0.1) is 13.8 Å². The van der Waals surface area contributed by atoms with Crippen LogP contribution in [0.2, 0.25) is 0 Å². The molecule has 1 aromatic heterocycles. The molecule has 0 saturated carbocycles. The van der Waals surface area contributed by atoms with Gasteiger partial charge in [-0.25, -0.2) is 0 Å². The van der Waals surface area contributed by atoms with Crippen LogP contribution in [0.15, 0.2) is 66.3 Å². The minimum absolute atomic E-state index is 0.128. The molecule has 0 saturated heterocycles. The lowest BCUT2D eigenvalue weighted by molar-refractivity contribution is -0.113. The lowest BCUT2D eigenvalue weighted by atomic mass is 10.1. The number of hydrogen-bond donors (Lipinski definition) is 2. The second kappa shape index (κ2) is 10.6. The Morgan fingerprint density at radius 1 is 1.10 bits per heavy atom. The molecule has 2 N–H and O–H groups in total. The molecule has 0 aliphatic rings. The van der Waals surface area contributed by atoms with Crippen LogP contribution in [0.1, 0.15) is 27.3 Å². The number of allylic oxidation sites excluding steroid dienone is 1. The first-order chi connectivity index (χ1) is 15.0. The van der Waals surface area contributed by atoms with Crippen molar-refractivity contribution in [1.29, 1.82) is 0 Å². The molecule has 2 amide bonds. The van der Waals surface area contributed by atoms with Crippen molar-refractivity contribution < 1.29 is 9.59 Å². The van der Waals surface area contributed by atoms with Crippen LogP contribution in [-0.2, 0) is 17.9 Å². The average molecular weight is 436 g/mol. The maximum absolute atomic E-state index is 12.5. The van der Waals surface area contributed by atoms with Crippen molar-refractivity contribution in [2.24, 2.45) is 0 Å². The van der Waals surface area contributed by atoms with Gasteiger partial charge < -0.3 is 15.2 Å². The van der Waals surface area contributed by atoms with Gasteiger partial charge in [-0.05, 0) is 37.6 Å². The number of nitrogens with one attached hydrogen (secondary N) is 2. The van der Waals surface area contributed by atoms with Gasteiger partial charge in [0.05, 0.1) is 12.3 Å². The zero-order valence-electron chi connectivity index (χ0n) is 17.6. The third kappa shape index (κ3) is 6.05. The second-order valence-corrected chi connectivity index (χ2v) is 7.94. The summed E-state index contributed by atoms with van der Waals surface area (Å²) in [7, 11) is 0. The van der Waals surface area contributed by atoms with Gasteiger partial charge >= 0.3 is 0 Å². The highest BCUT2D eigenvalue weighted by molar-refractivity contribution is 7.99. The number of anilines is 1. The Morgan fingerprint density at radius 3 is 2.55 bits per heavy atom. The monoisotopic (exact) mass is 435 g/mol. The lowest BCUT2D eigenvalue weighted by Gasteiger charge is -2.10. The van der Waals surface area contributed by atoms with E-state index in [1.807, 2.05) is 60.9 Å². The summed E-state index contributed by atoms with van der Waals surface area (Å²) >= 11 is 1.29. The van der Waals surface area contributed by atoms with E-state index in [9.17, 15) is 9.59 Å². The van der Waals surface area contributed by atoms with E-state index in [0.717, 1.165) is 16.8 Å². The van der Waals surface area contributed by atoms with Crippen molar-refractivity contribution in [3.05, 3.63) is 83.7 Å². The topological polar surface area (TPSA) is 88.9 Å². The smallest absolute Gasteiger partial charge is 0.251 e. The third-order valence-electron chi connectivity index (χ3n) is 4.57. The number of aromatic nitrogens is 3. The van der Waals surface area contributed by atoms with E-state index in [1.165, 1.54) is 11.8 Å². The number of amides is 2. The average Bonchev–Trinajstić information content (AvgIpc) is 3.14. The number of carbonyl (C=O) groups excluding carboxylic acids is 2. The fourth-order valence-electron chi connectivity index (χ4n) is 2.92. The van der Waals surface area contributed by atoms with Crippen LogP contribution in [0.25, 0.3) is 0 Å². The zero-order chi connectivity index (χ0) is 22.2. The van der Waals surface area contributed by atoms with Crippen molar-refractivity contribution in [3.8, 4) is 0 Å². The second-order valence-electron chi connectivity index (χ2n) is 7.00. The Bertz CT molecular complexity index is 1080. The molecule has 0 atom stereocenters. The standard InChI is InChI=1S/C23H25N5O2S/c1-4-13-28-20(14-24-22(30)19-8-6-5-7-17(19)3)26-27-23(28)31-15-21(29)25-18-11-9-16(2)10-12-18/h4-12H,1,13-15H2,2-3H3,(H,24,30)(H,25,29). The Morgan fingerprint density at radius 2 is 1.84 bits per heavy atom. The molecular formula is C23H25N5O2S. The maximum Gasteiger partial charge on any atom is 0.251 e. The highest BCUT2D eigenvalue weighted by Gasteiger charge is 2.15. The van der Waals surface area contributed by atoms with Gasteiger partial charge in [0.1, 0.15) is 0 Å². The summed E-state index contributed by atoms with van der Waals surface area (Å²) in [5.74, 6) is 0.497. The van der Waals surface area contributed by atoms with Crippen molar-refractivity contribution >= 4 is 29.3 Å². The Balaban J connectivity index is 1.61. The van der Waals surface area contributed by atoms with E-state index >= 15 is 0 Å². The molecule has 0 aliphatic carbocycles. The maximum atomic E-state index is 12.5. The highest BCUT2D eigenvalue weighted by atomic mass is 32.2. The van der Waals surface area contributed by atoms with Crippen molar-refractivity contribution in [1.82, 2.24) is 20.1 Å². The fourth-order valence-corrected chi connectivity index (χ4v) is 3.68. The fraction of sp³-hybridized carbons (Fsp3) is 0.217. The molecule has 3 rings (SSSR count). The van der Waals surface area contributed by atoms with E-state index in [2.05, 4.69) is 27.4 Å². The van der Waals surface area contributed by atoms with Crippen molar-refractivity contribution in [2.75, 3.05) is 11.1 Å². The van der Waals surface area contributed by atoms with Gasteiger partial charge in [-0.2, -0.15) is 0 Å². The Labute approximate surface area is 186 Å². The molecule has 7 nitrogen and oxygen atoms in total. The van der Waals surface area contributed by atoms with E-state index in [-0.39, 0.29) is 24.1 Å².